The summed E-state index contributed by atoms with van der Waals surface area (Å²) in [6.45, 7) is 6.17. The summed E-state index contributed by atoms with van der Waals surface area (Å²) in [4.78, 5) is 0. The van der Waals surface area contributed by atoms with Gasteiger partial charge in [0.2, 0.25) is 0 Å². The Hall–Kier alpha value is -0.740. The fourth-order valence-corrected chi connectivity index (χ4v) is 2.53. The molecule has 1 saturated heterocycles. The fraction of sp³-hybridized carbons (Fsp3) is 0.538. The molecule has 3 nitrogen and oxygen atoms in total. The van der Waals surface area contributed by atoms with Crippen LogP contribution in [0.25, 0.3) is 0 Å². The van der Waals surface area contributed by atoms with Crippen molar-refractivity contribution in [3.8, 4) is 11.5 Å². The largest absolute Gasteiger partial charge is 0.507 e. The van der Waals surface area contributed by atoms with Gasteiger partial charge in [-0.1, -0.05) is 19.9 Å². The lowest BCUT2D eigenvalue weighted by molar-refractivity contribution is 0.265. The van der Waals surface area contributed by atoms with Gasteiger partial charge in [0, 0.05) is 12.6 Å². The highest BCUT2D eigenvalue weighted by molar-refractivity contribution is 9.10. The number of rotatable bonds is 3. The van der Waals surface area contributed by atoms with E-state index in [1.54, 1.807) is 12.1 Å². The van der Waals surface area contributed by atoms with Gasteiger partial charge >= 0.3 is 0 Å². The Labute approximate surface area is 110 Å². The summed E-state index contributed by atoms with van der Waals surface area (Å²) >= 11 is 3.32. The molecule has 4 heteroatoms. The topological polar surface area (TPSA) is 41.5 Å². The second-order valence-corrected chi connectivity index (χ2v) is 6.14. The maximum Gasteiger partial charge on any atom is 0.137 e. The number of halogens is 1. The molecule has 2 rings (SSSR count). The van der Waals surface area contributed by atoms with E-state index < -0.39 is 0 Å². The number of benzene rings is 1. The average molecular weight is 300 g/mol. The summed E-state index contributed by atoms with van der Waals surface area (Å²) in [6, 6.07) is 5.65. The smallest absolute Gasteiger partial charge is 0.137 e. The Balaban J connectivity index is 1.93. The minimum absolute atomic E-state index is 0.210. The Bertz CT molecular complexity index is 406. The molecule has 94 valence electrons. The summed E-state index contributed by atoms with van der Waals surface area (Å²) in [5.41, 5.74) is 0.351. The monoisotopic (exact) mass is 299 g/mol. The van der Waals surface area contributed by atoms with Crippen LogP contribution in [0, 0.1) is 5.41 Å². The Morgan fingerprint density at radius 2 is 2.29 bits per heavy atom. The minimum Gasteiger partial charge on any atom is -0.507 e. The van der Waals surface area contributed by atoms with Crippen LogP contribution in [-0.4, -0.2) is 24.3 Å². The van der Waals surface area contributed by atoms with Crippen LogP contribution < -0.4 is 10.1 Å². The van der Waals surface area contributed by atoms with Crippen molar-refractivity contribution in [3.63, 3.8) is 0 Å². The molecule has 1 aromatic carbocycles. The molecule has 0 unspecified atom stereocenters. The highest BCUT2D eigenvalue weighted by atomic mass is 79.9. The van der Waals surface area contributed by atoms with Gasteiger partial charge in [0.05, 0.1) is 0 Å². The molecule has 0 amide bonds. The normalized spacial score (nSPS) is 22.6. The van der Waals surface area contributed by atoms with Crippen molar-refractivity contribution in [2.24, 2.45) is 5.41 Å². The Kier molecular flexibility index (Phi) is 3.64. The van der Waals surface area contributed by atoms with E-state index in [1.165, 1.54) is 0 Å². The van der Waals surface area contributed by atoms with E-state index in [9.17, 15) is 5.11 Å². The maximum absolute atomic E-state index is 9.53. The van der Waals surface area contributed by atoms with Gasteiger partial charge in [-0.3, -0.25) is 0 Å². The summed E-state index contributed by atoms with van der Waals surface area (Å²) in [5, 5.41) is 13.0. The molecule has 0 bridgehead atoms. The SMILES string of the molecule is CC1(C)CN[C@H](COc2cccc(O)c2Br)C1. The van der Waals surface area contributed by atoms with Crippen LogP contribution in [0.5, 0.6) is 11.5 Å². The van der Waals surface area contributed by atoms with E-state index >= 15 is 0 Å². The molecule has 0 spiro atoms. The van der Waals surface area contributed by atoms with Gasteiger partial charge in [-0.25, -0.2) is 0 Å². The zero-order valence-corrected chi connectivity index (χ0v) is 11.8. The maximum atomic E-state index is 9.53. The van der Waals surface area contributed by atoms with E-state index in [4.69, 9.17) is 4.74 Å². The van der Waals surface area contributed by atoms with Crippen LogP contribution in [0.3, 0.4) is 0 Å². The predicted molar refractivity (Wildman–Crippen MR) is 71.5 cm³/mol. The van der Waals surface area contributed by atoms with Gasteiger partial charge in [-0.2, -0.15) is 0 Å². The molecule has 0 radical (unpaired) electrons. The first-order valence-electron chi connectivity index (χ1n) is 5.82. The van der Waals surface area contributed by atoms with Gasteiger partial charge < -0.3 is 15.2 Å². The van der Waals surface area contributed by atoms with Crippen molar-refractivity contribution in [3.05, 3.63) is 22.7 Å². The lowest BCUT2D eigenvalue weighted by Gasteiger charge is -2.16. The molecule has 1 heterocycles. The zero-order valence-electron chi connectivity index (χ0n) is 10.2. The molecule has 1 atom stereocenters. The van der Waals surface area contributed by atoms with Crippen molar-refractivity contribution in [2.75, 3.05) is 13.2 Å². The van der Waals surface area contributed by atoms with E-state index in [0.29, 0.717) is 28.3 Å². The van der Waals surface area contributed by atoms with Gasteiger partial charge in [0.15, 0.2) is 0 Å². The van der Waals surface area contributed by atoms with Gasteiger partial charge in [0.1, 0.15) is 22.6 Å². The Morgan fingerprint density at radius 3 is 2.94 bits per heavy atom. The number of nitrogens with one attached hydrogen (secondary N) is 1. The number of aromatic hydroxyl groups is 1. The van der Waals surface area contributed by atoms with E-state index in [2.05, 4.69) is 35.1 Å². The van der Waals surface area contributed by atoms with Crippen LogP contribution >= 0.6 is 15.9 Å². The van der Waals surface area contributed by atoms with Crippen LogP contribution in [0.15, 0.2) is 22.7 Å². The molecule has 0 aliphatic carbocycles. The number of phenols is 1. The first-order chi connectivity index (χ1) is 7.98. The standard InChI is InChI=1S/C13H18BrNO2/c1-13(2)6-9(15-8-13)7-17-11-5-3-4-10(16)12(11)14/h3-5,9,15-16H,6-8H2,1-2H3/t9-/m0/s1. The lowest BCUT2D eigenvalue weighted by Crippen LogP contribution is -2.28. The van der Waals surface area contributed by atoms with Crippen molar-refractivity contribution in [1.82, 2.24) is 5.32 Å². The second-order valence-electron chi connectivity index (χ2n) is 5.35. The predicted octanol–water partition coefficient (Wildman–Crippen LogP) is 2.92. The van der Waals surface area contributed by atoms with Crippen molar-refractivity contribution < 1.29 is 9.84 Å². The molecule has 1 fully saturated rings. The van der Waals surface area contributed by atoms with Crippen LogP contribution in [-0.2, 0) is 0 Å². The summed E-state index contributed by atoms with van der Waals surface area (Å²) in [7, 11) is 0. The molecule has 0 aromatic heterocycles. The highest BCUT2D eigenvalue weighted by Gasteiger charge is 2.30. The van der Waals surface area contributed by atoms with Gasteiger partial charge in [0.25, 0.3) is 0 Å². The summed E-state index contributed by atoms with van der Waals surface area (Å²) in [5.74, 6) is 0.902. The van der Waals surface area contributed by atoms with E-state index in [1.807, 2.05) is 6.07 Å². The third kappa shape index (κ3) is 3.13. The van der Waals surface area contributed by atoms with Crippen molar-refractivity contribution in [1.29, 1.82) is 0 Å². The molecule has 2 N–H and O–H groups in total. The third-order valence-electron chi connectivity index (χ3n) is 3.05. The average Bonchev–Trinajstić information content (AvgIpc) is 2.61. The highest BCUT2D eigenvalue weighted by Crippen LogP contribution is 2.34. The van der Waals surface area contributed by atoms with Crippen LogP contribution in [0.2, 0.25) is 0 Å². The molecule has 1 aliphatic rings. The molecular weight excluding hydrogens is 282 g/mol. The molecule has 1 aliphatic heterocycles. The first-order valence-corrected chi connectivity index (χ1v) is 6.61. The van der Waals surface area contributed by atoms with Crippen molar-refractivity contribution in [2.45, 2.75) is 26.3 Å². The summed E-state index contributed by atoms with van der Waals surface area (Å²) in [6.07, 6.45) is 1.11. The van der Waals surface area contributed by atoms with E-state index in [0.717, 1.165) is 13.0 Å². The molecular formula is C13H18BrNO2. The lowest BCUT2D eigenvalue weighted by atomic mass is 9.91. The Morgan fingerprint density at radius 1 is 1.53 bits per heavy atom. The quantitative estimate of drug-likeness (QED) is 0.902. The fourth-order valence-electron chi connectivity index (χ4n) is 2.15. The number of hydrogen-bond donors (Lipinski definition) is 2. The summed E-state index contributed by atoms with van der Waals surface area (Å²) < 4.78 is 6.35. The second kappa shape index (κ2) is 4.86. The molecule has 0 saturated carbocycles. The number of phenolic OH excluding ortho intramolecular Hbond substituents is 1. The zero-order chi connectivity index (χ0) is 12.5. The number of ether oxygens (including phenoxy) is 1. The first kappa shape index (κ1) is 12.7. The van der Waals surface area contributed by atoms with Gasteiger partial charge in [-0.05, 0) is 39.9 Å². The molecule has 17 heavy (non-hydrogen) atoms. The number of hydrogen-bond acceptors (Lipinski definition) is 3. The van der Waals surface area contributed by atoms with Crippen LogP contribution in [0.4, 0.5) is 0 Å². The van der Waals surface area contributed by atoms with Crippen LogP contribution in [0.1, 0.15) is 20.3 Å². The molecule has 1 aromatic rings. The minimum atomic E-state index is 0.210. The van der Waals surface area contributed by atoms with E-state index in [-0.39, 0.29) is 5.75 Å². The van der Waals surface area contributed by atoms with Crippen molar-refractivity contribution >= 4 is 15.9 Å². The van der Waals surface area contributed by atoms with Gasteiger partial charge in [-0.15, -0.1) is 0 Å². The third-order valence-corrected chi connectivity index (χ3v) is 3.85.